The smallest absolute Gasteiger partial charge is 0.316 e. The number of carbonyl (C=O) groups is 2. The molecule has 1 N–H and O–H groups in total. The number of piperazine rings is 1. The van der Waals surface area contributed by atoms with E-state index in [1.807, 2.05) is 48.5 Å². The number of para-hydroxylation sites is 1. The van der Waals surface area contributed by atoms with E-state index < -0.39 is 11.8 Å². The molecule has 2 aliphatic heterocycles. The molecule has 2 aromatic carbocycles. The monoisotopic (exact) mass is 378 g/mol. The van der Waals surface area contributed by atoms with E-state index in [0.717, 1.165) is 56.0 Å². The third kappa shape index (κ3) is 3.87. The normalized spacial score (nSPS) is 17.2. The van der Waals surface area contributed by atoms with Crippen molar-refractivity contribution in [3.8, 4) is 0 Å². The number of anilines is 3. The number of nitrogens with one attached hydrogen (secondary N) is 1. The van der Waals surface area contributed by atoms with Crippen molar-refractivity contribution in [3.63, 3.8) is 0 Å². The molecule has 0 unspecified atom stereocenters. The van der Waals surface area contributed by atoms with Crippen molar-refractivity contribution in [1.29, 1.82) is 0 Å². The van der Waals surface area contributed by atoms with Crippen LogP contribution in [0.15, 0.2) is 48.5 Å². The summed E-state index contributed by atoms with van der Waals surface area (Å²) in [4.78, 5) is 31.5. The second-order valence-electron chi connectivity index (χ2n) is 7.48. The molecule has 0 saturated carbocycles. The number of amides is 2. The van der Waals surface area contributed by atoms with E-state index in [1.54, 1.807) is 4.90 Å². The summed E-state index contributed by atoms with van der Waals surface area (Å²) in [6.45, 7) is 4.66. The molecule has 0 atom stereocenters. The fourth-order valence-corrected chi connectivity index (χ4v) is 3.87. The SMILES string of the molecule is CN1CCN(c2ccc(NC(=O)C(=O)N3CCCc4ccccc43)cc2)CC1. The molecule has 2 heterocycles. The number of hydrogen-bond acceptors (Lipinski definition) is 4. The Morgan fingerprint density at radius 1 is 0.893 bits per heavy atom. The van der Waals surface area contributed by atoms with Gasteiger partial charge in [-0.05, 0) is 55.8 Å². The predicted octanol–water partition coefficient (Wildman–Crippen LogP) is 2.36. The highest BCUT2D eigenvalue weighted by Gasteiger charge is 2.27. The Labute approximate surface area is 165 Å². The lowest BCUT2D eigenvalue weighted by Gasteiger charge is -2.34. The first-order valence-corrected chi connectivity index (χ1v) is 9.86. The highest BCUT2D eigenvalue weighted by molar-refractivity contribution is 6.44. The lowest BCUT2D eigenvalue weighted by atomic mass is 10.0. The minimum Gasteiger partial charge on any atom is -0.369 e. The summed E-state index contributed by atoms with van der Waals surface area (Å²) < 4.78 is 0. The van der Waals surface area contributed by atoms with Gasteiger partial charge in [0.2, 0.25) is 0 Å². The number of rotatable bonds is 2. The number of fused-ring (bicyclic) bond motifs is 1. The molecule has 6 nitrogen and oxygen atoms in total. The molecule has 0 aliphatic carbocycles. The van der Waals surface area contributed by atoms with Crippen LogP contribution in [0.1, 0.15) is 12.0 Å². The fraction of sp³-hybridized carbons (Fsp3) is 0.364. The zero-order valence-electron chi connectivity index (χ0n) is 16.2. The van der Waals surface area contributed by atoms with Crippen LogP contribution in [0.4, 0.5) is 17.1 Å². The lowest BCUT2D eigenvalue weighted by Crippen LogP contribution is -2.44. The summed E-state index contributed by atoms with van der Waals surface area (Å²) in [5.41, 5.74) is 3.75. The molecule has 2 amide bonds. The van der Waals surface area contributed by atoms with Crippen LogP contribution < -0.4 is 15.1 Å². The number of carbonyl (C=O) groups excluding carboxylic acids is 2. The zero-order valence-corrected chi connectivity index (χ0v) is 16.2. The van der Waals surface area contributed by atoms with Crippen molar-refractivity contribution in [3.05, 3.63) is 54.1 Å². The molecule has 1 fully saturated rings. The van der Waals surface area contributed by atoms with E-state index in [4.69, 9.17) is 0 Å². The molecule has 0 bridgehead atoms. The van der Waals surface area contributed by atoms with E-state index >= 15 is 0 Å². The number of nitrogens with zero attached hydrogens (tertiary/aromatic N) is 3. The molecule has 0 aromatic heterocycles. The summed E-state index contributed by atoms with van der Waals surface area (Å²) in [5.74, 6) is -1.10. The number of benzene rings is 2. The third-order valence-corrected chi connectivity index (χ3v) is 5.54. The Bertz CT molecular complexity index is 857. The van der Waals surface area contributed by atoms with Gasteiger partial charge in [0, 0.05) is 49.8 Å². The topological polar surface area (TPSA) is 55.9 Å². The van der Waals surface area contributed by atoms with Crippen LogP contribution in [0.5, 0.6) is 0 Å². The van der Waals surface area contributed by atoms with Gasteiger partial charge < -0.3 is 20.0 Å². The van der Waals surface area contributed by atoms with Crippen LogP contribution in [-0.2, 0) is 16.0 Å². The molecule has 6 heteroatoms. The predicted molar refractivity (Wildman–Crippen MR) is 112 cm³/mol. The van der Waals surface area contributed by atoms with E-state index in [0.29, 0.717) is 12.2 Å². The van der Waals surface area contributed by atoms with Gasteiger partial charge in [-0.25, -0.2) is 0 Å². The second-order valence-corrected chi connectivity index (χ2v) is 7.48. The Kier molecular flexibility index (Phi) is 5.30. The van der Waals surface area contributed by atoms with Gasteiger partial charge in [0.1, 0.15) is 0 Å². The van der Waals surface area contributed by atoms with E-state index in [1.165, 1.54) is 0 Å². The van der Waals surface area contributed by atoms with Crippen LogP contribution >= 0.6 is 0 Å². The first-order valence-electron chi connectivity index (χ1n) is 9.86. The van der Waals surface area contributed by atoms with Crippen molar-refractivity contribution in [2.75, 3.05) is 54.9 Å². The maximum atomic E-state index is 12.7. The minimum atomic E-state index is -0.593. The van der Waals surface area contributed by atoms with Crippen molar-refractivity contribution in [2.24, 2.45) is 0 Å². The van der Waals surface area contributed by atoms with Crippen molar-refractivity contribution < 1.29 is 9.59 Å². The Morgan fingerprint density at radius 3 is 2.36 bits per heavy atom. The fourth-order valence-electron chi connectivity index (χ4n) is 3.87. The number of likely N-dealkylation sites (N-methyl/N-ethyl adjacent to an activating group) is 1. The first kappa shape index (κ1) is 18.5. The Hall–Kier alpha value is -2.86. The van der Waals surface area contributed by atoms with Crippen molar-refractivity contribution in [2.45, 2.75) is 12.8 Å². The van der Waals surface area contributed by atoms with E-state index in [2.05, 4.69) is 22.2 Å². The minimum absolute atomic E-state index is 0.504. The molecule has 2 aromatic rings. The zero-order chi connectivity index (χ0) is 19.5. The van der Waals surface area contributed by atoms with Crippen molar-refractivity contribution in [1.82, 2.24) is 4.90 Å². The highest BCUT2D eigenvalue weighted by Crippen LogP contribution is 2.27. The molecule has 2 aliphatic rings. The van der Waals surface area contributed by atoms with Crippen molar-refractivity contribution >= 4 is 28.9 Å². The van der Waals surface area contributed by atoms with Gasteiger partial charge in [-0.15, -0.1) is 0 Å². The van der Waals surface area contributed by atoms with Gasteiger partial charge in [-0.1, -0.05) is 18.2 Å². The molecule has 28 heavy (non-hydrogen) atoms. The highest BCUT2D eigenvalue weighted by atomic mass is 16.2. The quantitative estimate of drug-likeness (QED) is 0.815. The second kappa shape index (κ2) is 8.02. The van der Waals surface area contributed by atoms with Crippen LogP contribution in [0.3, 0.4) is 0 Å². The summed E-state index contributed by atoms with van der Waals surface area (Å²) in [6.07, 6.45) is 1.81. The van der Waals surface area contributed by atoms with Gasteiger partial charge in [-0.3, -0.25) is 9.59 Å². The third-order valence-electron chi connectivity index (χ3n) is 5.54. The van der Waals surface area contributed by atoms with Crippen LogP contribution in [0, 0.1) is 0 Å². The summed E-state index contributed by atoms with van der Waals surface area (Å²) in [7, 11) is 2.13. The number of aryl methyl sites for hydroxylation is 1. The average molecular weight is 378 g/mol. The summed E-state index contributed by atoms with van der Waals surface area (Å²) in [5, 5.41) is 2.75. The van der Waals surface area contributed by atoms with Crippen LogP contribution in [0.25, 0.3) is 0 Å². The van der Waals surface area contributed by atoms with Gasteiger partial charge >= 0.3 is 11.8 Å². The van der Waals surface area contributed by atoms with Gasteiger partial charge in [0.15, 0.2) is 0 Å². The summed E-state index contributed by atoms with van der Waals surface area (Å²) >= 11 is 0. The van der Waals surface area contributed by atoms with Gasteiger partial charge in [-0.2, -0.15) is 0 Å². The maximum Gasteiger partial charge on any atom is 0.316 e. The molecule has 0 radical (unpaired) electrons. The van der Waals surface area contributed by atoms with Gasteiger partial charge in [0.25, 0.3) is 0 Å². The molecule has 0 spiro atoms. The molecule has 1 saturated heterocycles. The summed E-state index contributed by atoms with van der Waals surface area (Å²) in [6, 6.07) is 15.5. The Balaban J connectivity index is 1.40. The molecular weight excluding hydrogens is 352 g/mol. The Morgan fingerprint density at radius 2 is 1.61 bits per heavy atom. The van der Waals surface area contributed by atoms with Crippen LogP contribution in [-0.4, -0.2) is 56.5 Å². The van der Waals surface area contributed by atoms with E-state index in [-0.39, 0.29) is 0 Å². The molecule has 146 valence electrons. The largest absolute Gasteiger partial charge is 0.369 e. The molecule has 4 rings (SSSR count). The van der Waals surface area contributed by atoms with Crippen LogP contribution in [0.2, 0.25) is 0 Å². The van der Waals surface area contributed by atoms with Gasteiger partial charge in [0.05, 0.1) is 0 Å². The van der Waals surface area contributed by atoms with E-state index in [9.17, 15) is 9.59 Å². The maximum absolute atomic E-state index is 12.7. The average Bonchev–Trinajstić information content (AvgIpc) is 2.74. The lowest BCUT2D eigenvalue weighted by molar-refractivity contribution is -0.134. The first-order chi connectivity index (χ1) is 13.6. The standard InChI is InChI=1S/C22H26N4O2/c1-24-13-15-25(16-14-24)19-10-8-18(9-11-19)23-21(27)22(28)26-12-4-6-17-5-2-3-7-20(17)26/h2-3,5,7-11H,4,6,12-16H2,1H3,(H,23,27). The number of hydrogen-bond donors (Lipinski definition) is 1. The molecular formula is C22H26N4O2.